The Hall–Kier alpha value is 0.214. The van der Waals surface area contributed by atoms with Crippen molar-refractivity contribution in [1.82, 2.24) is 0 Å². The molecule has 150 valence electrons. The number of rotatable bonds is 16. The van der Waals surface area contributed by atoms with Crippen LogP contribution < -0.4 is 0 Å². The third kappa shape index (κ3) is 9.11. The summed E-state index contributed by atoms with van der Waals surface area (Å²) in [6, 6.07) is 1.21. The fraction of sp³-hybridized carbons (Fsp3) is 1.00. The summed E-state index contributed by atoms with van der Waals surface area (Å²) in [5.74, 6) is 0. The minimum atomic E-state index is -2.67. The Kier molecular flexibility index (Phi) is 13.5. The SMILES string of the molecule is CO[Si](CCCC(CCC[Si](OC)(OC)OC)O[P+](=O)O)(OC)OC. The molecule has 0 rings (SSSR count). The van der Waals surface area contributed by atoms with Crippen LogP contribution in [0.3, 0.4) is 0 Å². The van der Waals surface area contributed by atoms with Crippen molar-refractivity contribution in [3.05, 3.63) is 0 Å². The summed E-state index contributed by atoms with van der Waals surface area (Å²) >= 11 is 0. The van der Waals surface area contributed by atoms with Crippen molar-refractivity contribution >= 4 is 25.9 Å². The Labute approximate surface area is 153 Å². The van der Waals surface area contributed by atoms with Gasteiger partial charge < -0.3 is 26.6 Å². The predicted octanol–water partition coefficient (Wildman–Crippen LogP) is 2.34. The molecule has 25 heavy (non-hydrogen) atoms. The monoisotopic (exact) mass is 419 g/mol. The van der Waals surface area contributed by atoms with E-state index in [1.54, 1.807) is 42.7 Å². The molecule has 0 spiro atoms. The first-order valence-corrected chi connectivity index (χ1v) is 13.0. The quantitative estimate of drug-likeness (QED) is 0.298. The number of hydrogen-bond donors (Lipinski definition) is 1. The van der Waals surface area contributed by atoms with Gasteiger partial charge in [0.15, 0.2) is 0 Å². The molecule has 1 N–H and O–H groups in total. The average Bonchev–Trinajstić information content (AvgIpc) is 2.62. The summed E-state index contributed by atoms with van der Waals surface area (Å²) in [5.41, 5.74) is 0. The maximum Gasteiger partial charge on any atom is 0.694 e. The minimum absolute atomic E-state index is 0.358. The van der Waals surface area contributed by atoms with E-state index in [4.69, 9.17) is 36.0 Å². The fourth-order valence-corrected chi connectivity index (χ4v) is 6.55. The molecule has 0 aromatic heterocycles. The summed E-state index contributed by atoms with van der Waals surface area (Å²) in [7, 11) is 1.39. The molecule has 0 aromatic rings. The van der Waals surface area contributed by atoms with Crippen LogP contribution in [0.1, 0.15) is 25.7 Å². The first-order valence-electron chi connectivity index (χ1n) is 8.00. The molecule has 0 aliphatic heterocycles. The molecule has 0 bridgehead atoms. The van der Waals surface area contributed by atoms with Gasteiger partial charge in [0.2, 0.25) is 0 Å². The van der Waals surface area contributed by atoms with Crippen LogP contribution in [0.5, 0.6) is 0 Å². The van der Waals surface area contributed by atoms with Crippen molar-refractivity contribution in [2.45, 2.75) is 43.9 Å². The van der Waals surface area contributed by atoms with Crippen LogP contribution in [0.4, 0.5) is 0 Å². The van der Waals surface area contributed by atoms with Crippen molar-refractivity contribution < 1.29 is 40.5 Å². The van der Waals surface area contributed by atoms with E-state index in [2.05, 4.69) is 0 Å². The van der Waals surface area contributed by atoms with Crippen molar-refractivity contribution in [2.24, 2.45) is 0 Å². The second-order valence-electron chi connectivity index (χ2n) is 5.34. The Morgan fingerprint density at radius 1 is 0.760 bits per heavy atom. The van der Waals surface area contributed by atoms with E-state index in [9.17, 15) is 4.57 Å². The van der Waals surface area contributed by atoms with Gasteiger partial charge in [-0.15, -0.1) is 9.42 Å². The van der Waals surface area contributed by atoms with Crippen LogP contribution in [0.2, 0.25) is 12.1 Å². The maximum atomic E-state index is 11.1. The zero-order valence-corrected chi connectivity index (χ0v) is 18.9. The zero-order valence-electron chi connectivity index (χ0n) is 16.0. The van der Waals surface area contributed by atoms with E-state index in [1.807, 2.05) is 0 Å². The minimum Gasteiger partial charge on any atom is -0.377 e. The van der Waals surface area contributed by atoms with Crippen LogP contribution in [0.15, 0.2) is 0 Å². The summed E-state index contributed by atoms with van der Waals surface area (Å²) in [4.78, 5) is 9.07. The largest absolute Gasteiger partial charge is 0.694 e. The summed E-state index contributed by atoms with van der Waals surface area (Å²) in [5, 5.41) is 0. The highest BCUT2D eigenvalue weighted by atomic mass is 31.1. The van der Waals surface area contributed by atoms with Gasteiger partial charge in [0.05, 0.1) is 0 Å². The Morgan fingerprint density at radius 2 is 1.08 bits per heavy atom. The topological polar surface area (TPSA) is 102 Å². The third-order valence-electron chi connectivity index (χ3n) is 4.12. The summed E-state index contributed by atoms with van der Waals surface area (Å²) < 4.78 is 48.4. The highest BCUT2D eigenvalue weighted by Gasteiger charge is 2.39. The summed E-state index contributed by atoms with van der Waals surface area (Å²) in [6.07, 6.45) is 2.21. The second kappa shape index (κ2) is 13.4. The molecule has 0 fully saturated rings. The van der Waals surface area contributed by atoms with Gasteiger partial charge in [-0.1, -0.05) is 0 Å². The zero-order chi connectivity index (χ0) is 19.3. The average molecular weight is 420 g/mol. The molecule has 0 aromatic carbocycles. The molecule has 1 unspecified atom stereocenters. The molecule has 0 aliphatic rings. The van der Waals surface area contributed by atoms with Gasteiger partial charge in [0.1, 0.15) is 6.10 Å². The predicted molar refractivity (Wildman–Crippen MR) is 96.3 cm³/mol. The first-order chi connectivity index (χ1) is 11.9. The van der Waals surface area contributed by atoms with Crippen LogP contribution in [0, 0.1) is 0 Å². The fourth-order valence-electron chi connectivity index (χ4n) is 2.58. The van der Waals surface area contributed by atoms with E-state index in [0.717, 1.165) is 0 Å². The van der Waals surface area contributed by atoms with Gasteiger partial charge in [-0.3, -0.25) is 0 Å². The molecule has 0 amide bonds. The van der Waals surface area contributed by atoms with Crippen LogP contribution in [0.25, 0.3) is 0 Å². The lowest BCUT2D eigenvalue weighted by Gasteiger charge is -2.25. The molecule has 0 radical (unpaired) electrons. The van der Waals surface area contributed by atoms with Crippen LogP contribution in [-0.4, -0.2) is 71.3 Å². The van der Waals surface area contributed by atoms with E-state index >= 15 is 0 Å². The molecule has 0 aliphatic carbocycles. The third-order valence-corrected chi connectivity index (χ3v) is 10.3. The standard InChI is InChI=1S/C13H31O9PSi2/c1-16-24(17-2,18-3)11-7-9-13(22-23(14)15)10-8-12-25(19-4,20-5)21-6/h13H,7-12H2,1-6H3/p+1. The lowest BCUT2D eigenvalue weighted by molar-refractivity contribution is 0.116. The van der Waals surface area contributed by atoms with E-state index in [1.165, 1.54) is 0 Å². The lowest BCUT2D eigenvalue weighted by atomic mass is 10.1. The van der Waals surface area contributed by atoms with E-state index < -0.39 is 25.9 Å². The molecule has 0 heterocycles. The summed E-state index contributed by atoms with van der Waals surface area (Å²) in [6.45, 7) is 0. The number of hydrogen-bond acceptors (Lipinski definition) is 8. The molecular formula is C13H32O9PSi2+. The van der Waals surface area contributed by atoms with Crippen molar-refractivity contribution in [2.75, 3.05) is 42.7 Å². The first kappa shape index (κ1) is 25.2. The normalized spacial score (nSPS) is 13.5. The van der Waals surface area contributed by atoms with Gasteiger partial charge >= 0.3 is 25.9 Å². The highest BCUT2D eigenvalue weighted by Crippen LogP contribution is 2.28. The molecule has 1 atom stereocenters. The van der Waals surface area contributed by atoms with Gasteiger partial charge in [-0.2, -0.15) is 0 Å². The molecule has 0 saturated carbocycles. The second-order valence-corrected chi connectivity index (χ2v) is 12.2. The van der Waals surface area contributed by atoms with Crippen molar-refractivity contribution in [3.8, 4) is 0 Å². The van der Waals surface area contributed by atoms with Crippen LogP contribution >= 0.6 is 8.25 Å². The molecule has 0 saturated heterocycles. The molecule has 9 nitrogen and oxygen atoms in total. The van der Waals surface area contributed by atoms with Gasteiger partial charge in [-0.25, -0.2) is 0 Å². The Bertz CT molecular complexity index is 325. The highest BCUT2D eigenvalue weighted by molar-refractivity contribution is 7.32. The van der Waals surface area contributed by atoms with E-state index in [-0.39, 0.29) is 6.10 Å². The van der Waals surface area contributed by atoms with Crippen molar-refractivity contribution in [1.29, 1.82) is 0 Å². The Morgan fingerprint density at radius 3 is 1.32 bits per heavy atom. The lowest BCUT2D eigenvalue weighted by Crippen LogP contribution is -2.43. The van der Waals surface area contributed by atoms with Gasteiger partial charge in [0, 0.05) is 59.3 Å². The smallest absolute Gasteiger partial charge is 0.377 e. The van der Waals surface area contributed by atoms with E-state index in [0.29, 0.717) is 37.8 Å². The molecule has 12 heteroatoms. The van der Waals surface area contributed by atoms with Gasteiger partial charge in [0.25, 0.3) is 0 Å². The maximum absolute atomic E-state index is 11.1. The van der Waals surface area contributed by atoms with Crippen LogP contribution in [-0.2, 0) is 35.6 Å². The van der Waals surface area contributed by atoms with Gasteiger partial charge in [-0.05, 0) is 25.7 Å². The Balaban J connectivity index is 4.53. The van der Waals surface area contributed by atoms with Crippen molar-refractivity contribution in [3.63, 3.8) is 0 Å². The molecular weight excluding hydrogens is 387 g/mol.